The van der Waals surface area contributed by atoms with E-state index in [2.05, 4.69) is 15.5 Å². The van der Waals surface area contributed by atoms with Gasteiger partial charge < -0.3 is 0 Å². The Labute approximate surface area is 121 Å². The van der Waals surface area contributed by atoms with Gasteiger partial charge in [-0.2, -0.15) is 5.10 Å². The van der Waals surface area contributed by atoms with E-state index in [9.17, 15) is 0 Å². The first-order chi connectivity index (χ1) is 9.31. The van der Waals surface area contributed by atoms with E-state index < -0.39 is 0 Å². The fraction of sp³-hybridized carbons (Fsp3) is 0.286. The third-order valence-electron chi connectivity index (χ3n) is 3.09. The number of rotatable bonds is 3. The van der Waals surface area contributed by atoms with Crippen LogP contribution in [-0.2, 0) is 12.8 Å². The maximum Gasteiger partial charge on any atom is 0.203 e. The number of fused-ring (bicyclic) bond motifs is 1. The van der Waals surface area contributed by atoms with Gasteiger partial charge in [-0.3, -0.25) is 5.43 Å². The van der Waals surface area contributed by atoms with Crippen molar-refractivity contribution in [2.75, 3.05) is 5.43 Å². The molecule has 0 amide bonds. The zero-order valence-corrected chi connectivity index (χ0v) is 12.0. The SMILES string of the molecule is Clc1ccc(/C=N\Nc2nc3c(s2)CCCC3)cc1. The van der Waals surface area contributed by atoms with Gasteiger partial charge in [-0.25, -0.2) is 4.98 Å². The molecule has 0 aliphatic heterocycles. The highest BCUT2D eigenvalue weighted by molar-refractivity contribution is 7.15. The van der Waals surface area contributed by atoms with Gasteiger partial charge in [0, 0.05) is 9.90 Å². The van der Waals surface area contributed by atoms with Gasteiger partial charge in [0.1, 0.15) is 0 Å². The van der Waals surface area contributed by atoms with E-state index in [0.717, 1.165) is 28.6 Å². The summed E-state index contributed by atoms with van der Waals surface area (Å²) in [6.07, 6.45) is 6.58. The van der Waals surface area contributed by atoms with Gasteiger partial charge in [-0.05, 0) is 43.4 Å². The normalized spacial score (nSPS) is 14.6. The summed E-state index contributed by atoms with van der Waals surface area (Å²) < 4.78 is 0. The first-order valence-electron chi connectivity index (χ1n) is 6.34. The quantitative estimate of drug-likeness (QED) is 0.682. The number of hydrazone groups is 1. The lowest BCUT2D eigenvalue weighted by Gasteiger charge is -2.06. The molecule has 1 aliphatic rings. The Morgan fingerprint density at radius 3 is 2.79 bits per heavy atom. The highest BCUT2D eigenvalue weighted by atomic mass is 35.5. The largest absolute Gasteiger partial charge is 0.253 e. The molecule has 0 fully saturated rings. The van der Waals surface area contributed by atoms with Crippen molar-refractivity contribution in [3.05, 3.63) is 45.4 Å². The van der Waals surface area contributed by atoms with Crippen LogP contribution in [0.25, 0.3) is 0 Å². The average molecular weight is 292 g/mol. The highest BCUT2D eigenvalue weighted by Crippen LogP contribution is 2.29. The van der Waals surface area contributed by atoms with E-state index in [4.69, 9.17) is 11.6 Å². The lowest BCUT2D eigenvalue weighted by molar-refractivity contribution is 0.682. The second-order valence-electron chi connectivity index (χ2n) is 4.52. The number of aryl methyl sites for hydroxylation is 2. The molecular formula is C14H14ClN3S. The maximum absolute atomic E-state index is 5.83. The maximum atomic E-state index is 5.83. The molecule has 19 heavy (non-hydrogen) atoms. The Balaban J connectivity index is 1.65. The molecule has 0 spiro atoms. The molecule has 1 aromatic heterocycles. The lowest BCUT2D eigenvalue weighted by Crippen LogP contribution is -1.99. The van der Waals surface area contributed by atoms with Crippen LogP contribution in [0.2, 0.25) is 5.02 Å². The Bertz CT molecular complexity index is 566. The molecule has 1 N–H and O–H groups in total. The van der Waals surface area contributed by atoms with Crippen LogP contribution >= 0.6 is 22.9 Å². The van der Waals surface area contributed by atoms with Crippen LogP contribution in [0.5, 0.6) is 0 Å². The molecule has 3 nitrogen and oxygen atoms in total. The third kappa shape index (κ3) is 3.14. The van der Waals surface area contributed by atoms with Crippen LogP contribution in [0, 0.1) is 0 Å². The standard InChI is InChI=1S/C14H14ClN3S/c15-11-7-5-10(6-8-11)9-16-18-14-17-12-3-1-2-4-13(12)19-14/h5-9H,1-4H2,(H,17,18)/b16-9-. The van der Waals surface area contributed by atoms with E-state index in [1.807, 2.05) is 24.3 Å². The van der Waals surface area contributed by atoms with Gasteiger partial charge in [-0.1, -0.05) is 23.7 Å². The Morgan fingerprint density at radius 1 is 1.21 bits per heavy atom. The predicted molar refractivity (Wildman–Crippen MR) is 81.4 cm³/mol. The van der Waals surface area contributed by atoms with Gasteiger partial charge >= 0.3 is 0 Å². The van der Waals surface area contributed by atoms with Gasteiger partial charge in [0.05, 0.1) is 11.9 Å². The third-order valence-corrected chi connectivity index (χ3v) is 4.40. The predicted octanol–water partition coefficient (Wildman–Crippen LogP) is 4.12. The molecule has 0 radical (unpaired) electrons. The Morgan fingerprint density at radius 2 is 2.00 bits per heavy atom. The molecule has 1 aliphatic carbocycles. The van der Waals surface area contributed by atoms with Crippen molar-refractivity contribution >= 4 is 34.3 Å². The number of hydrogen-bond acceptors (Lipinski definition) is 4. The fourth-order valence-electron chi connectivity index (χ4n) is 2.11. The number of aromatic nitrogens is 1. The molecule has 5 heteroatoms. The average Bonchev–Trinajstić information content (AvgIpc) is 2.83. The smallest absolute Gasteiger partial charge is 0.203 e. The number of thiazole rings is 1. The fourth-order valence-corrected chi connectivity index (χ4v) is 3.24. The molecule has 1 heterocycles. The minimum Gasteiger partial charge on any atom is -0.253 e. The minimum absolute atomic E-state index is 0.734. The number of nitrogens with zero attached hydrogens (tertiary/aromatic N) is 2. The first-order valence-corrected chi connectivity index (χ1v) is 7.54. The summed E-state index contributed by atoms with van der Waals surface area (Å²) in [6.45, 7) is 0. The molecule has 98 valence electrons. The van der Waals surface area contributed by atoms with Gasteiger partial charge in [-0.15, -0.1) is 11.3 Å². The highest BCUT2D eigenvalue weighted by Gasteiger charge is 2.14. The summed E-state index contributed by atoms with van der Waals surface area (Å²) in [6, 6.07) is 7.57. The molecule has 3 rings (SSSR count). The lowest BCUT2D eigenvalue weighted by atomic mass is 10.0. The summed E-state index contributed by atoms with van der Waals surface area (Å²) in [4.78, 5) is 5.98. The number of halogens is 1. The van der Waals surface area contributed by atoms with Crippen molar-refractivity contribution in [3.8, 4) is 0 Å². The second-order valence-corrected chi connectivity index (χ2v) is 6.04. The summed E-state index contributed by atoms with van der Waals surface area (Å²) in [7, 11) is 0. The van der Waals surface area contributed by atoms with Crippen molar-refractivity contribution in [2.45, 2.75) is 25.7 Å². The van der Waals surface area contributed by atoms with Gasteiger partial charge in [0.15, 0.2) is 0 Å². The number of anilines is 1. The van der Waals surface area contributed by atoms with Crippen molar-refractivity contribution in [1.82, 2.24) is 4.98 Å². The molecule has 0 unspecified atom stereocenters. The zero-order chi connectivity index (χ0) is 13.1. The van der Waals surface area contributed by atoms with Crippen molar-refractivity contribution in [2.24, 2.45) is 5.10 Å². The summed E-state index contributed by atoms with van der Waals surface area (Å²) >= 11 is 7.55. The van der Waals surface area contributed by atoms with E-state index in [1.54, 1.807) is 17.6 Å². The van der Waals surface area contributed by atoms with Crippen molar-refractivity contribution < 1.29 is 0 Å². The van der Waals surface area contributed by atoms with Crippen LogP contribution in [0.3, 0.4) is 0 Å². The molecule has 0 bridgehead atoms. The van der Waals surface area contributed by atoms with E-state index in [0.29, 0.717) is 0 Å². The summed E-state index contributed by atoms with van der Waals surface area (Å²) in [5, 5.41) is 5.84. The molecule has 0 saturated carbocycles. The Kier molecular flexibility index (Phi) is 3.80. The summed E-state index contributed by atoms with van der Waals surface area (Å²) in [5.74, 6) is 0. The van der Waals surface area contributed by atoms with Crippen LogP contribution < -0.4 is 5.43 Å². The molecular weight excluding hydrogens is 278 g/mol. The van der Waals surface area contributed by atoms with Crippen LogP contribution in [-0.4, -0.2) is 11.2 Å². The number of nitrogens with one attached hydrogen (secondary N) is 1. The first kappa shape index (κ1) is 12.6. The topological polar surface area (TPSA) is 37.3 Å². The van der Waals surface area contributed by atoms with Crippen molar-refractivity contribution in [3.63, 3.8) is 0 Å². The second kappa shape index (κ2) is 5.72. The van der Waals surface area contributed by atoms with Crippen LogP contribution in [0.4, 0.5) is 5.13 Å². The monoisotopic (exact) mass is 291 g/mol. The van der Waals surface area contributed by atoms with Crippen molar-refractivity contribution in [1.29, 1.82) is 0 Å². The van der Waals surface area contributed by atoms with Gasteiger partial charge in [0.2, 0.25) is 5.13 Å². The molecule has 1 aromatic carbocycles. The zero-order valence-electron chi connectivity index (χ0n) is 10.4. The molecule has 0 atom stereocenters. The number of benzene rings is 1. The molecule has 0 saturated heterocycles. The Hall–Kier alpha value is -1.39. The van der Waals surface area contributed by atoms with E-state index in [1.165, 1.54) is 23.4 Å². The minimum atomic E-state index is 0.734. The van der Waals surface area contributed by atoms with Crippen LogP contribution in [0.15, 0.2) is 29.4 Å². The van der Waals surface area contributed by atoms with Crippen LogP contribution in [0.1, 0.15) is 29.0 Å². The number of hydrogen-bond donors (Lipinski definition) is 1. The van der Waals surface area contributed by atoms with Gasteiger partial charge in [0.25, 0.3) is 0 Å². The van der Waals surface area contributed by atoms with E-state index in [-0.39, 0.29) is 0 Å². The molecule has 2 aromatic rings. The summed E-state index contributed by atoms with van der Waals surface area (Å²) in [5.41, 5.74) is 5.27. The van der Waals surface area contributed by atoms with E-state index >= 15 is 0 Å².